The van der Waals surface area contributed by atoms with Crippen LogP contribution in [0.2, 0.25) is 0 Å². The molecule has 2 N–H and O–H groups in total. The molecule has 0 spiro atoms. The summed E-state index contributed by atoms with van der Waals surface area (Å²) in [6, 6.07) is 6.10. The Morgan fingerprint density at radius 2 is 2.00 bits per heavy atom. The number of nitrogens with zero attached hydrogens (tertiary/aromatic N) is 1. The van der Waals surface area contributed by atoms with Crippen LogP contribution in [0.4, 0.5) is 0 Å². The maximum Gasteiger partial charge on any atom is 0.209 e. The summed E-state index contributed by atoms with van der Waals surface area (Å²) < 4.78 is 27.6. The second-order valence-corrected chi connectivity index (χ2v) is 7.45. The zero-order valence-corrected chi connectivity index (χ0v) is 13.5. The molecule has 1 aliphatic heterocycles. The quantitative estimate of drug-likeness (QED) is 0.894. The van der Waals surface area contributed by atoms with Gasteiger partial charge in [0, 0.05) is 6.54 Å². The summed E-state index contributed by atoms with van der Waals surface area (Å²) in [5, 5.41) is 5.12. The van der Waals surface area contributed by atoms with Crippen molar-refractivity contribution in [2.45, 2.75) is 26.3 Å². The number of methoxy groups -OCH3 is 1. The third kappa shape index (κ3) is 4.69. The average molecular weight is 312 g/mol. The zero-order chi connectivity index (χ0) is 15.5. The molecule has 0 aliphatic carbocycles. The molecule has 118 valence electrons. The summed E-state index contributed by atoms with van der Waals surface area (Å²) in [5.74, 6) is 1.22. The lowest BCUT2D eigenvalue weighted by molar-refractivity contribution is 0.185. The molecule has 1 fully saturated rings. The average Bonchev–Trinajstić information content (AvgIpc) is 2.42. The minimum absolute atomic E-state index is 0.110. The first-order valence-electron chi connectivity index (χ1n) is 7.24. The van der Waals surface area contributed by atoms with E-state index < -0.39 is 10.0 Å². The highest BCUT2D eigenvalue weighted by Crippen LogP contribution is 2.24. The zero-order valence-electron chi connectivity index (χ0n) is 12.7. The summed E-state index contributed by atoms with van der Waals surface area (Å²) in [6.07, 6.45) is 1.78. The van der Waals surface area contributed by atoms with Gasteiger partial charge in [0.15, 0.2) is 0 Å². The Balaban J connectivity index is 1.92. The van der Waals surface area contributed by atoms with E-state index in [1.807, 2.05) is 12.1 Å². The molecule has 1 saturated heterocycles. The van der Waals surface area contributed by atoms with E-state index in [2.05, 4.69) is 17.9 Å². The molecule has 0 unspecified atom stereocenters. The smallest absolute Gasteiger partial charge is 0.209 e. The SMILES string of the molecule is COc1cccc(CN2CCC(CS(N)(=O)=O)CC2)c1C. The van der Waals surface area contributed by atoms with Crippen molar-refractivity contribution >= 4 is 10.0 Å². The third-order valence-corrected chi connectivity index (χ3v) is 5.12. The normalized spacial score (nSPS) is 17.9. The number of ether oxygens (including phenoxy) is 1. The van der Waals surface area contributed by atoms with Crippen LogP contribution in [0.25, 0.3) is 0 Å². The molecule has 1 heterocycles. The van der Waals surface area contributed by atoms with Crippen LogP contribution in [0.15, 0.2) is 18.2 Å². The molecule has 0 aromatic heterocycles. The molecule has 6 heteroatoms. The number of hydrogen-bond donors (Lipinski definition) is 1. The number of rotatable bonds is 5. The van der Waals surface area contributed by atoms with Gasteiger partial charge >= 0.3 is 0 Å². The van der Waals surface area contributed by atoms with E-state index in [0.29, 0.717) is 0 Å². The van der Waals surface area contributed by atoms with Crippen molar-refractivity contribution < 1.29 is 13.2 Å². The van der Waals surface area contributed by atoms with Gasteiger partial charge in [-0.1, -0.05) is 12.1 Å². The van der Waals surface area contributed by atoms with Crippen LogP contribution in [-0.2, 0) is 16.6 Å². The van der Waals surface area contributed by atoms with Gasteiger partial charge in [-0.2, -0.15) is 0 Å². The van der Waals surface area contributed by atoms with Crippen molar-refractivity contribution in [1.82, 2.24) is 4.90 Å². The Hall–Kier alpha value is -1.11. The number of piperidine rings is 1. The number of sulfonamides is 1. The Morgan fingerprint density at radius 1 is 1.33 bits per heavy atom. The Morgan fingerprint density at radius 3 is 2.57 bits per heavy atom. The lowest BCUT2D eigenvalue weighted by Gasteiger charge is -2.32. The highest BCUT2D eigenvalue weighted by atomic mass is 32.2. The largest absolute Gasteiger partial charge is 0.496 e. The lowest BCUT2D eigenvalue weighted by atomic mass is 9.98. The molecule has 0 saturated carbocycles. The first-order valence-corrected chi connectivity index (χ1v) is 8.96. The van der Waals surface area contributed by atoms with Gasteiger partial charge in [-0.05, 0) is 56.0 Å². The molecule has 0 amide bonds. The Labute approximate surface area is 127 Å². The predicted octanol–water partition coefficient (Wildman–Crippen LogP) is 1.50. The predicted molar refractivity (Wildman–Crippen MR) is 83.7 cm³/mol. The number of benzene rings is 1. The lowest BCUT2D eigenvalue weighted by Crippen LogP contribution is -2.36. The Kier molecular flexibility index (Phi) is 5.24. The molecular weight excluding hydrogens is 288 g/mol. The molecule has 0 atom stereocenters. The van der Waals surface area contributed by atoms with Gasteiger partial charge in [-0.15, -0.1) is 0 Å². The van der Waals surface area contributed by atoms with E-state index in [1.165, 1.54) is 11.1 Å². The molecule has 0 radical (unpaired) electrons. The minimum Gasteiger partial charge on any atom is -0.496 e. The highest BCUT2D eigenvalue weighted by Gasteiger charge is 2.23. The van der Waals surface area contributed by atoms with Crippen molar-refractivity contribution in [2.75, 3.05) is 26.0 Å². The summed E-state index contributed by atoms with van der Waals surface area (Å²) in [4.78, 5) is 2.36. The van der Waals surface area contributed by atoms with Gasteiger partial charge < -0.3 is 4.74 Å². The van der Waals surface area contributed by atoms with Crippen LogP contribution in [0, 0.1) is 12.8 Å². The van der Waals surface area contributed by atoms with Crippen molar-refractivity contribution in [1.29, 1.82) is 0 Å². The summed E-state index contributed by atoms with van der Waals surface area (Å²) >= 11 is 0. The number of hydrogen-bond acceptors (Lipinski definition) is 4. The van der Waals surface area contributed by atoms with E-state index in [9.17, 15) is 8.42 Å². The molecule has 5 nitrogen and oxygen atoms in total. The van der Waals surface area contributed by atoms with Gasteiger partial charge in [-0.25, -0.2) is 13.6 Å². The minimum atomic E-state index is -3.35. The maximum absolute atomic E-state index is 11.1. The van der Waals surface area contributed by atoms with Gasteiger partial charge in [0.05, 0.1) is 12.9 Å². The standard InChI is InChI=1S/C15H24N2O3S/c1-12-14(4-3-5-15(12)20-2)10-17-8-6-13(7-9-17)11-21(16,18)19/h3-5,13H,6-11H2,1-2H3,(H2,16,18,19). The van der Waals surface area contributed by atoms with Crippen LogP contribution in [0.1, 0.15) is 24.0 Å². The van der Waals surface area contributed by atoms with Crippen molar-refractivity contribution in [3.05, 3.63) is 29.3 Å². The van der Waals surface area contributed by atoms with Crippen molar-refractivity contribution in [2.24, 2.45) is 11.1 Å². The monoisotopic (exact) mass is 312 g/mol. The van der Waals surface area contributed by atoms with Crippen molar-refractivity contribution in [3.63, 3.8) is 0 Å². The second kappa shape index (κ2) is 6.77. The molecule has 1 aliphatic rings. The first kappa shape index (κ1) is 16.3. The second-order valence-electron chi connectivity index (χ2n) is 5.79. The topological polar surface area (TPSA) is 72.6 Å². The van der Waals surface area contributed by atoms with Crippen LogP contribution in [0.5, 0.6) is 5.75 Å². The van der Waals surface area contributed by atoms with Crippen molar-refractivity contribution in [3.8, 4) is 5.75 Å². The number of primary sulfonamides is 1. The molecule has 0 bridgehead atoms. The molecule has 1 aromatic rings. The Bertz CT molecular complexity index is 579. The first-order chi connectivity index (χ1) is 9.89. The third-order valence-electron chi connectivity index (χ3n) is 4.19. The molecule has 21 heavy (non-hydrogen) atoms. The maximum atomic E-state index is 11.1. The summed E-state index contributed by atoms with van der Waals surface area (Å²) in [5.41, 5.74) is 2.44. The summed E-state index contributed by atoms with van der Waals surface area (Å²) in [7, 11) is -1.67. The van der Waals surface area contributed by atoms with E-state index in [0.717, 1.165) is 38.2 Å². The molecule has 1 aromatic carbocycles. The fourth-order valence-electron chi connectivity index (χ4n) is 2.93. The molecule has 2 rings (SSSR count). The fourth-order valence-corrected chi connectivity index (χ4v) is 3.92. The van der Waals surface area contributed by atoms with Crippen LogP contribution in [0.3, 0.4) is 0 Å². The van der Waals surface area contributed by atoms with E-state index in [-0.39, 0.29) is 11.7 Å². The number of likely N-dealkylation sites (tertiary alicyclic amines) is 1. The van der Waals surface area contributed by atoms with Crippen LogP contribution < -0.4 is 9.88 Å². The number of nitrogens with two attached hydrogens (primary N) is 1. The van der Waals surface area contributed by atoms with Gasteiger partial charge in [0.2, 0.25) is 10.0 Å². The van der Waals surface area contributed by atoms with E-state index in [4.69, 9.17) is 9.88 Å². The van der Waals surface area contributed by atoms with Crippen LogP contribution in [-0.4, -0.2) is 39.3 Å². The molecular formula is C15H24N2O3S. The highest BCUT2D eigenvalue weighted by molar-refractivity contribution is 7.89. The van der Waals surface area contributed by atoms with Gasteiger partial charge in [0.1, 0.15) is 5.75 Å². The van der Waals surface area contributed by atoms with Crippen LogP contribution >= 0.6 is 0 Å². The fraction of sp³-hybridized carbons (Fsp3) is 0.600. The van der Waals surface area contributed by atoms with E-state index >= 15 is 0 Å². The van der Waals surface area contributed by atoms with Gasteiger partial charge in [0.25, 0.3) is 0 Å². The van der Waals surface area contributed by atoms with Gasteiger partial charge in [-0.3, -0.25) is 4.90 Å². The summed E-state index contributed by atoms with van der Waals surface area (Å²) in [6.45, 7) is 4.78. The van der Waals surface area contributed by atoms with E-state index in [1.54, 1.807) is 7.11 Å².